The fraction of sp³-hybridized carbons (Fsp3) is 0.412. The average molecular weight is 284 g/mol. The summed E-state index contributed by atoms with van der Waals surface area (Å²) >= 11 is 0. The van der Waals surface area contributed by atoms with E-state index >= 15 is 0 Å². The minimum absolute atomic E-state index is 0.0847. The zero-order valence-corrected chi connectivity index (χ0v) is 12.0. The minimum Gasteiger partial charge on any atom is -0.393 e. The molecule has 0 radical (unpaired) electrons. The van der Waals surface area contributed by atoms with Gasteiger partial charge in [-0.1, -0.05) is 18.9 Å². The number of fused-ring (bicyclic) bond motifs is 1. The SMILES string of the molecule is O=C(NCC1CCCCC1O)c1ccc2ncccc2c1. The number of nitrogens with zero attached hydrogens (tertiary/aromatic N) is 1. The molecule has 4 heteroatoms. The number of hydrogen-bond acceptors (Lipinski definition) is 3. The van der Waals surface area contributed by atoms with Crippen molar-refractivity contribution < 1.29 is 9.90 Å². The Kier molecular flexibility index (Phi) is 4.15. The molecule has 21 heavy (non-hydrogen) atoms. The predicted molar refractivity (Wildman–Crippen MR) is 82.0 cm³/mol. The highest BCUT2D eigenvalue weighted by atomic mass is 16.3. The molecule has 2 unspecified atom stereocenters. The van der Waals surface area contributed by atoms with Gasteiger partial charge in [0.15, 0.2) is 0 Å². The molecule has 3 rings (SSSR count). The van der Waals surface area contributed by atoms with Crippen LogP contribution in [0.25, 0.3) is 10.9 Å². The third kappa shape index (κ3) is 3.22. The lowest BCUT2D eigenvalue weighted by molar-refractivity contribution is 0.0663. The number of aliphatic hydroxyl groups is 1. The summed E-state index contributed by atoms with van der Waals surface area (Å²) in [6.45, 7) is 0.547. The first-order chi connectivity index (χ1) is 10.2. The number of rotatable bonds is 3. The molecule has 2 atom stereocenters. The van der Waals surface area contributed by atoms with Gasteiger partial charge >= 0.3 is 0 Å². The summed E-state index contributed by atoms with van der Waals surface area (Å²) in [5.74, 6) is 0.100. The summed E-state index contributed by atoms with van der Waals surface area (Å²) in [5.41, 5.74) is 1.53. The van der Waals surface area contributed by atoms with E-state index in [9.17, 15) is 9.90 Å². The summed E-state index contributed by atoms with van der Waals surface area (Å²) in [6, 6.07) is 9.32. The van der Waals surface area contributed by atoms with Crippen molar-refractivity contribution in [2.24, 2.45) is 5.92 Å². The number of aliphatic hydroxyl groups excluding tert-OH is 1. The van der Waals surface area contributed by atoms with Crippen molar-refractivity contribution >= 4 is 16.8 Å². The molecule has 0 aliphatic heterocycles. The minimum atomic E-state index is -0.278. The monoisotopic (exact) mass is 284 g/mol. The fourth-order valence-electron chi connectivity index (χ4n) is 2.97. The quantitative estimate of drug-likeness (QED) is 0.910. The number of aromatic nitrogens is 1. The van der Waals surface area contributed by atoms with Gasteiger partial charge in [-0.05, 0) is 37.1 Å². The Morgan fingerprint density at radius 2 is 2.14 bits per heavy atom. The molecule has 1 heterocycles. The molecule has 1 amide bonds. The van der Waals surface area contributed by atoms with Crippen molar-refractivity contribution in [3.05, 3.63) is 42.1 Å². The average Bonchev–Trinajstić information content (AvgIpc) is 2.53. The van der Waals surface area contributed by atoms with Crippen LogP contribution in [0.1, 0.15) is 36.0 Å². The lowest BCUT2D eigenvalue weighted by atomic mass is 9.86. The van der Waals surface area contributed by atoms with Gasteiger partial charge in [-0.15, -0.1) is 0 Å². The second-order valence-corrected chi connectivity index (χ2v) is 5.73. The normalized spacial score (nSPS) is 22.1. The Bertz CT molecular complexity index is 641. The molecule has 1 aromatic carbocycles. The highest BCUT2D eigenvalue weighted by Crippen LogP contribution is 2.23. The third-order valence-corrected chi connectivity index (χ3v) is 4.26. The van der Waals surface area contributed by atoms with Gasteiger partial charge in [-0.25, -0.2) is 0 Å². The maximum absolute atomic E-state index is 12.2. The molecule has 0 spiro atoms. The van der Waals surface area contributed by atoms with Crippen molar-refractivity contribution in [3.63, 3.8) is 0 Å². The topological polar surface area (TPSA) is 62.2 Å². The third-order valence-electron chi connectivity index (χ3n) is 4.26. The van der Waals surface area contributed by atoms with E-state index in [2.05, 4.69) is 10.3 Å². The highest BCUT2D eigenvalue weighted by molar-refractivity contribution is 5.97. The summed E-state index contributed by atoms with van der Waals surface area (Å²) in [6.07, 6.45) is 5.53. The predicted octanol–water partition coefficient (Wildman–Crippen LogP) is 2.52. The number of pyridine rings is 1. The van der Waals surface area contributed by atoms with E-state index in [-0.39, 0.29) is 17.9 Å². The molecular formula is C17H20N2O2. The number of amides is 1. The van der Waals surface area contributed by atoms with Crippen molar-refractivity contribution in [2.45, 2.75) is 31.8 Å². The van der Waals surface area contributed by atoms with Gasteiger partial charge in [0.25, 0.3) is 5.91 Å². The van der Waals surface area contributed by atoms with Gasteiger partial charge < -0.3 is 10.4 Å². The Balaban J connectivity index is 1.66. The second-order valence-electron chi connectivity index (χ2n) is 5.73. The summed E-state index contributed by atoms with van der Waals surface area (Å²) < 4.78 is 0. The van der Waals surface area contributed by atoms with E-state index in [1.54, 1.807) is 12.3 Å². The molecule has 110 valence electrons. The molecule has 1 aliphatic carbocycles. The Morgan fingerprint density at radius 1 is 1.29 bits per heavy atom. The standard InChI is InChI=1S/C17H20N2O2/c20-16-6-2-1-4-14(16)11-19-17(21)13-7-8-15-12(10-13)5-3-9-18-15/h3,5,7-10,14,16,20H,1-2,4,6,11H2,(H,19,21). The van der Waals surface area contributed by atoms with Crippen LogP contribution in [0.2, 0.25) is 0 Å². The maximum Gasteiger partial charge on any atom is 0.251 e. The smallest absolute Gasteiger partial charge is 0.251 e. The molecule has 0 saturated heterocycles. The number of nitrogens with one attached hydrogen (secondary N) is 1. The van der Waals surface area contributed by atoms with Crippen molar-refractivity contribution in [2.75, 3.05) is 6.54 Å². The molecule has 1 saturated carbocycles. The van der Waals surface area contributed by atoms with Gasteiger partial charge in [-0.3, -0.25) is 9.78 Å². The van der Waals surface area contributed by atoms with Crippen LogP contribution < -0.4 is 5.32 Å². The van der Waals surface area contributed by atoms with Gasteiger partial charge in [0.2, 0.25) is 0 Å². The molecule has 1 aliphatic rings. The van der Waals surface area contributed by atoms with Gasteiger partial charge in [0.05, 0.1) is 11.6 Å². The van der Waals surface area contributed by atoms with Gasteiger partial charge in [0.1, 0.15) is 0 Å². The Hall–Kier alpha value is -1.94. The summed E-state index contributed by atoms with van der Waals surface area (Å²) in [7, 11) is 0. The van der Waals surface area contributed by atoms with Crippen molar-refractivity contribution in [3.8, 4) is 0 Å². The van der Waals surface area contributed by atoms with E-state index in [1.807, 2.05) is 24.3 Å². The lowest BCUT2D eigenvalue weighted by Crippen LogP contribution is -2.36. The van der Waals surface area contributed by atoms with Crippen LogP contribution >= 0.6 is 0 Å². The van der Waals surface area contributed by atoms with Crippen LogP contribution in [0.5, 0.6) is 0 Å². The van der Waals surface area contributed by atoms with Gasteiger partial charge in [0, 0.05) is 29.6 Å². The van der Waals surface area contributed by atoms with Crippen LogP contribution in [0.3, 0.4) is 0 Å². The zero-order valence-electron chi connectivity index (χ0n) is 12.0. The molecule has 0 bridgehead atoms. The number of carbonyl (C=O) groups is 1. The summed E-state index contributed by atoms with van der Waals surface area (Å²) in [4.78, 5) is 16.5. The highest BCUT2D eigenvalue weighted by Gasteiger charge is 2.23. The van der Waals surface area contributed by atoms with Crippen LogP contribution in [-0.2, 0) is 0 Å². The van der Waals surface area contributed by atoms with Crippen LogP contribution in [0.4, 0.5) is 0 Å². The molecule has 1 fully saturated rings. The second kappa shape index (κ2) is 6.22. The molecule has 2 N–H and O–H groups in total. The first-order valence-corrected chi connectivity index (χ1v) is 7.55. The van der Waals surface area contributed by atoms with E-state index in [0.29, 0.717) is 12.1 Å². The fourth-order valence-corrected chi connectivity index (χ4v) is 2.97. The largest absolute Gasteiger partial charge is 0.393 e. The van der Waals surface area contributed by atoms with Crippen molar-refractivity contribution in [1.29, 1.82) is 0 Å². The Labute approximate surface area is 124 Å². The van der Waals surface area contributed by atoms with E-state index in [4.69, 9.17) is 0 Å². The zero-order chi connectivity index (χ0) is 14.7. The number of hydrogen-bond donors (Lipinski definition) is 2. The van der Waals surface area contributed by atoms with Crippen LogP contribution in [-0.4, -0.2) is 28.6 Å². The first kappa shape index (κ1) is 14.0. The van der Waals surface area contributed by atoms with Crippen LogP contribution in [0, 0.1) is 5.92 Å². The van der Waals surface area contributed by atoms with E-state index < -0.39 is 0 Å². The first-order valence-electron chi connectivity index (χ1n) is 7.55. The van der Waals surface area contributed by atoms with E-state index in [1.165, 1.54) is 0 Å². The molecular weight excluding hydrogens is 264 g/mol. The van der Waals surface area contributed by atoms with Crippen LogP contribution in [0.15, 0.2) is 36.5 Å². The van der Waals surface area contributed by atoms with Crippen molar-refractivity contribution in [1.82, 2.24) is 10.3 Å². The summed E-state index contributed by atoms with van der Waals surface area (Å²) in [5, 5.41) is 13.8. The molecule has 1 aromatic heterocycles. The number of carbonyl (C=O) groups excluding carboxylic acids is 1. The molecule has 2 aromatic rings. The number of benzene rings is 1. The lowest BCUT2D eigenvalue weighted by Gasteiger charge is -2.27. The molecule has 4 nitrogen and oxygen atoms in total. The van der Waals surface area contributed by atoms with E-state index in [0.717, 1.165) is 36.6 Å². The maximum atomic E-state index is 12.2. The van der Waals surface area contributed by atoms with Gasteiger partial charge in [-0.2, -0.15) is 0 Å². The Morgan fingerprint density at radius 3 is 3.00 bits per heavy atom.